The zero-order valence-corrected chi connectivity index (χ0v) is 12.9. The van der Waals surface area contributed by atoms with Gasteiger partial charge in [-0.3, -0.25) is 0 Å². The Bertz CT molecular complexity index is 539. The molecule has 1 fully saturated rings. The Labute approximate surface area is 121 Å². The summed E-state index contributed by atoms with van der Waals surface area (Å²) in [6.07, 6.45) is 3.90. The lowest BCUT2D eigenvalue weighted by molar-refractivity contribution is 0.212. The molecule has 0 amide bonds. The van der Waals surface area contributed by atoms with Crippen LogP contribution >= 0.6 is 0 Å². The monoisotopic (exact) mass is 296 g/mol. The molecule has 1 aromatic carbocycles. The van der Waals surface area contributed by atoms with Gasteiger partial charge in [-0.2, -0.15) is 0 Å². The van der Waals surface area contributed by atoms with Crippen LogP contribution in [0.2, 0.25) is 0 Å². The number of hydrogen-bond donors (Lipinski definition) is 1. The molecule has 1 aliphatic carbocycles. The first-order valence-corrected chi connectivity index (χ1v) is 8.87. The molecule has 0 bridgehead atoms. The highest BCUT2D eigenvalue weighted by Gasteiger charge is 2.21. The summed E-state index contributed by atoms with van der Waals surface area (Å²) in [6.45, 7) is 1.97. The van der Waals surface area contributed by atoms with Gasteiger partial charge in [-0.05, 0) is 43.5 Å². The molecule has 0 unspecified atom stereocenters. The highest BCUT2D eigenvalue weighted by molar-refractivity contribution is 7.91. The summed E-state index contributed by atoms with van der Waals surface area (Å²) in [7, 11) is -1.21. The van der Waals surface area contributed by atoms with Crippen LogP contribution in [0.3, 0.4) is 0 Å². The molecule has 0 radical (unpaired) electrons. The minimum absolute atomic E-state index is 0.171. The SMILES string of the molecule is CN(CCS(=O)(=O)c1cccc(CN)c1)CC1CCC1. The van der Waals surface area contributed by atoms with E-state index in [1.165, 1.54) is 19.3 Å². The minimum atomic E-state index is -3.21. The second-order valence-electron chi connectivity index (χ2n) is 5.73. The number of rotatable bonds is 7. The van der Waals surface area contributed by atoms with E-state index in [4.69, 9.17) is 5.73 Å². The normalized spacial score (nSPS) is 16.4. The summed E-state index contributed by atoms with van der Waals surface area (Å²) in [5.74, 6) is 0.938. The molecular formula is C15H24N2O2S. The van der Waals surface area contributed by atoms with E-state index >= 15 is 0 Å². The molecular weight excluding hydrogens is 272 g/mol. The van der Waals surface area contributed by atoms with E-state index in [0.717, 1.165) is 18.0 Å². The first-order chi connectivity index (χ1) is 9.51. The van der Waals surface area contributed by atoms with Gasteiger partial charge in [-0.1, -0.05) is 18.6 Å². The summed E-state index contributed by atoms with van der Waals surface area (Å²) >= 11 is 0. The van der Waals surface area contributed by atoms with Crippen LogP contribution in [-0.4, -0.2) is 39.2 Å². The van der Waals surface area contributed by atoms with Crippen molar-refractivity contribution in [3.05, 3.63) is 29.8 Å². The van der Waals surface area contributed by atoms with Crippen LogP contribution in [0.25, 0.3) is 0 Å². The predicted molar refractivity (Wildman–Crippen MR) is 81.2 cm³/mol. The lowest BCUT2D eigenvalue weighted by Gasteiger charge is -2.30. The van der Waals surface area contributed by atoms with Crippen molar-refractivity contribution in [3.63, 3.8) is 0 Å². The predicted octanol–water partition coefficient (Wildman–Crippen LogP) is 1.65. The molecule has 0 saturated heterocycles. The van der Waals surface area contributed by atoms with Gasteiger partial charge in [-0.25, -0.2) is 8.42 Å². The molecule has 1 saturated carbocycles. The van der Waals surface area contributed by atoms with Crippen LogP contribution in [0.1, 0.15) is 24.8 Å². The maximum absolute atomic E-state index is 12.3. The molecule has 1 aliphatic rings. The fraction of sp³-hybridized carbons (Fsp3) is 0.600. The van der Waals surface area contributed by atoms with Gasteiger partial charge in [0.15, 0.2) is 9.84 Å². The van der Waals surface area contributed by atoms with Crippen LogP contribution in [0.4, 0.5) is 0 Å². The van der Waals surface area contributed by atoms with Crippen LogP contribution < -0.4 is 5.73 Å². The third-order valence-corrected chi connectivity index (χ3v) is 5.72. The smallest absolute Gasteiger partial charge is 0.179 e. The van der Waals surface area contributed by atoms with Crippen LogP contribution in [0.5, 0.6) is 0 Å². The van der Waals surface area contributed by atoms with E-state index in [9.17, 15) is 8.42 Å². The van der Waals surface area contributed by atoms with Gasteiger partial charge < -0.3 is 10.6 Å². The van der Waals surface area contributed by atoms with E-state index in [0.29, 0.717) is 18.0 Å². The number of benzene rings is 1. The second kappa shape index (κ2) is 6.70. The molecule has 20 heavy (non-hydrogen) atoms. The topological polar surface area (TPSA) is 63.4 Å². The molecule has 4 nitrogen and oxygen atoms in total. The summed E-state index contributed by atoms with van der Waals surface area (Å²) in [5.41, 5.74) is 6.41. The van der Waals surface area contributed by atoms with E-state index in [1.54, 1.807) is 18.2 Å². The van der Waals surface area contributed by atoms with Crippen molar-refractivity contribution >= 4 is 9.84 Å². The Balaban J connectivity index is 1.92. The maximum Gasteiger partial charge on any atom is 0.179 e. The van der Waals surface area contributed by atoms with Crippen molar-refractivity contribution in [2.75, 3.05) is 25.9 Å². The van der Waals surface area contributed by atoms with E-state index in [1.807, 2.05) is 13.1 Å². The maximum atomic E-state index is 12.3. The summed E-state index contributed by atoms with van der Waals surface area (Å²) < 4.78 is 24.6. The molecule has 0 spiro atoms. The number of nitrogens with two attached hydrogens (primary N) is 1. The largest absolute Gasteiger partial charge is 0.326 e. The van der Waals surface area contributed by atoms with Crippen molar-refractivity contribution < 1.29 is 8.42 Å². The molecule has 1 aromatic rings. The molecule has 2 rings (SSSR count). The lowest BCUT2D eigenvalue weighted by atomic mass is 9.85. The fourth-order valence-electron chi connectivity index (χ4n) is 2.47. The molecule has 112 valence electrons. The highest BCUT2D eigenvalue weighted by Crippen LogP contribution is 2.26. The fourth-order valence-corrected chi connectivity index (χ4v) is 3.87. The van der Waals surface area contributed by atoms with E-state index in [-0.39, 0.29) is 5.75 Å². The standard InChI is InChI=1S/C15H24N2O2S/c1-17(12-13-4-2-5-13)8-9-20(18,19)15-7-3-6-14(10-15)11-16/h3,6-7,10,13H,2,4-5,8-9,11-12,16H2,1H3. The van der Waals surface area contributed by atoms with E-state index in [2.05, 4.69) is 4.90 Å². The summed E-state index contributed by atoms with van der Waals surface area (Å²) in [4.78, 5) is 2.52. The number of hydrogen-bond acceptors (Lipinski definition) is 4. The zero-order valence-electron chi connectivity index (χ0n) is 12.1. The van der Waals surface area contributed by atoms with Crippen molar-refractivity contribution in [2.45, 2.75) is 30.7 Å². The van der Waals surface area contributed by atoms with Crippen molar-refractivity contribution in [1.82, 2.24) is 4.90 Å². The Morgan fingerprint density at radius 3 is 2.70 bits per heavy atom. The van der Waals surface area contributed by atoms with Crippen LogP contribution in [0.15, 0.2) is 29.2 Å². The molecule has 5 heteroatoms. The summed E-state index contributed by atoms with van der Waals surface area (Å²) in [5, 5.41) is 0. The van der Waals surface area contributed by atoms with Gasteiger partial charge in [-0.15, -0.1) is 0 Å². The molecule has 0 heterocycles. The van der Waals surface area contributed by atoms with Gasteiger partial charge >= 0.3 is 0 Å². The molecule has 0 aromatic heterocycles. The average Bonchev–Trinajstić information content (AvgIpc) is 2.41. The number of nitrogens with zero attached hydrogens (tertiary/aromatic N) is 1. The zero-order chi connectivity index (χ0) is 14.6. The number of sulfone groups is 1. The minimum Gasteiger partial charge on any atom is -0.326 e. The van der Waals surface area contributed by atoms with Gasteiger partial charge in [0.25, 0.3) is 0 Å². The Morgan fingerprint density at radius 1 is 1.35 bits per heavy atom. The van der Waals surface area contributed by atoms with Crippen LogP contribution in [0, 0.1) is 5.92 Å². The first-order valence-electron chi connectivity index (χ1n) is 7.21. The van der Waals surface area contributed by atoms with Crippen LogP contribution in [-0.2, 0) is 16.4 Å². The van der Waals surface area contributed by atoms with Gasteiger partial charge in [0.1, 0.15) is 0 Å². The second-order valence-corrected chi connectivity index (χ2v) is 7.84. The molecule has 2 N–H and O–H groups in total. The quantitative estimate of drug-likeness (QED) is 0.831. The van der Waals surface area contributed by atoms with Gasteiger partial charge in [0, 0.05) is 19.6 Å². The van der Waals surface area contributed by atoms with Gasteiger partial charge in [0.2, 0.25) is 0 Å². The third kappa shape index (κ3) is 4.04. The highest BCUT2D eigenvalue weighted by atomic mass is 32.2. The summed E-state index contributed by atoms with van der Waals surface area (Å²) in [6, 6.07) is 6.94. The van der Waals surface area contributed by atoms with Crippen molar-refractivity contribution in [3.8, 4) is 0 Å². The Hall–Kier alpha value is -0.910. The van der Waals surface area contributed by atoms with Gasteiger partial charge in [0.05, 0.1) is 10.6 Å². The molecule has 0 atom stereocenters. The first kappa shape index (κ1) is 15.5. The average molecular weight is 296 g/mol. The van der Waals surface area contributed by atoms with Crippen molar-refractivity contribution in [1.29, 1.82) is 0 Å². The van der Waals surface area contributed by atoms with Crippen molar-refractivity contribution in [2.24, 2.45) is 11.7 Å². The van der Waals surface area contributed by atoms with E-state index < -0.39 is 9.84 Å². The Kier molecular flexibility index (Phi) is 5.18. The lowest BCUT2D eigenvalue weighted by Crippen LogP contribution is -2.33. The Morgan fingerprint density at radius 2 is 2.10 bits per heavy atom. The third-order valence-electron chi connectivity index (χ3n) is 4.03. The molecule has 0 aliphatic heterocycles.